The second-order valence-corrected chi connectivity index (χ2v) is 5.61. The molecule has 108 valence electrons. The average molecular weight is 266 g/mol. The molecule has 1 fully saturated rings. The van der Waals surface area contributed by atoms with Gasteiger partial charge in [-0.05, 0) is 33.1 Å². The summed E-state index contributed by atoms with van der Waals surface area (Å²) in [5, 5.41) is 9.46. The monoisotopic (exact) mass is 266 g/mol. The van der Waals surface area contributed by atoms with Gasteiger partial charge in [-0.3, -0.25) is 4.79 Å². The minimum absolute atomic E-state index is 0.00408. The molecule has 0 N–H and O–H groups in total. The molecule has 1 amide bonds. The van der Waals surface area contributed by atoms with E-state index in [2.05, 4.69) is 13.0 Å². The van der Waals surface area contributed by atoms with Crippen molar-refractivity contribution in [3.05, 3.63) is 0 Å². The van der Waals surface area contributed by atoms with E-state index in [-0.39, 0.29) is 11.9 Å². The largest absolute Gasteiger partial charge is 0.381 e. The summed E-state index contributed by atoms with van der Waals surface area (Å²) in [4.78, 5) is 14.6. The Bertz CT molecular complexity index is 328. The molecule has 0 aromatic heterocycles. The minimum atomic E-state index is -0.852. The fraction of sp³-hybridized carbons (Fsp3) is 0.867. The molecule has 0 spiro atoms. The molecule has 0 aromatic rings. The zero-order valence-electron chi connectivity index (χ0n) is 12.4. The van der Waals surface area contributed by atoms with Crippen molar-refractivity contribution < 1.29 is 9.53 Å². The Balaban J connectivity index is 2.76. The standard InChI is InChI=1S/C15H26N2O2/c1-4-5-6-9-17(13(2)3)14(18)15(12-16)7-10-19-11-8-15/h13H,4-11H2,1-3H3. The van der Waals surface area contributed by atoms with E-state index < -0.39 is 5.41 Å². The molecule has 19 heavy (non-hydrogen) atoms. The molecule has 1 rings (SSSR count). The fourth-order valence-electron chi connectivity index (χ4n) is 2.49. The van der Waals surface area contributed by atoms with Gasteiger partial charge in [0.15, 0.2) is 0 Å². The van der Waals surface area contributed by atoms with Crippen molar-refractivity contribution in [3.8, 4) is 6.07 Å². The summed E-state index contributed by atoms with van der Waals surface area (Å²) >= 11 is 0. The molecule has 4 heteroatoms. The Morgan fingerprint density at radius 3 is 2.47 bits per heavy atom. The lowest BCUT2D eigenvalue weighted by Crippen LogP contribution is -2.49. The number of hydrogen-bond acceptors (Lipinski definition) is 3. The van der Waals surface area contributed by atoms with Crippen LogP contribution < -0.4 is 0 Å². The maximum absolute atomic E-state index is 12.7. The number of amides is 1. The van der Waals surface area contributed by atoms with E-state index in [1.54, 1.807) is 0 Å². The minimum Gasteiger partial charge on any atom is -0.381 e. The fourth-order valence-corrected chi connectivity index (χ4v) is 2.49. The quantitative estimate of drug-likeness (QED) is 0.695. The average Bonchev–Trinajstić information content (AvgIpc) is 2.43. The molecule has 0 aliphatic carbocycles. The third-order valence-corrected chi connectivity index (χ3v) is 3.86. The number of carbonyl (C=O) groups is 1. The molecule has 1 aliphatic rings. The van der Waals surface area contributed by atoms with Crippen LogP contribution in [0, 0.1) is 16.7 Å². The van der Waals surface area contributed by atoms with Crippen LogP contribution in [-0.4, -0.2) is 36.6 Å². The van der Waals surface area contributed by atoms with Gasteiger partial charge in [-0.25, -0.2) is 0 Å². The summed E-state index contributed by atoms with van der Waals surface area (Å²) < 4.78 is 5.29. The predicted octanol–water partition coefficient (Wildman–Crippen LogP) is 2.73. The lowest BCUT2D eigenvalue weighted by molar-refractivity contribution is -0.145. The lowest BCUT2D eigenvalue weighted by atomic mass is 9.80. The Morgan fingerprint density at radius 2 is 2.00 bits per heavy atom. The van der Waals surface area contributed by atoms with E-state index in [9.17, 15) is 10.1 Å². The van der Waals surface area contributed by atoms with Crippen LogP contribution in [0.4, 0.5) is 0 Å². The molecule has 4 nitrogen and oxygen atoms in total. The van der Waals surface area contributed by atoms with Gasteiger partial charge in [0.1, 0.15) is 5.41 Å². The smallest absolute Gasteiger partial charge is 0.243 e. The van der Waals surface area contributed by atoms with Crippen LogP contribution in [0.1, 0.15) is 52.9 Å². The summed E-state index contributed by atoms with van der Waals surface area (Å²) in [6, 6.07) is 2.42. The molecule has 1 heterocycles. The summed E-state index contributed by atoms with van der Waals surface area (Å²) in [5.74, 6) is 0.00408. The number of carbonyl (C=O) groups excluding carboxylic acids is 1. The first-order valence-electron chi connectivity index (χ1n) is 7.37. The molecule has 0 aromatic carbocycles. The Hall–Kier alpha value is -1.08. The molecule has 1 aliphatic heterocycles. The first-order valence-corrected chi connectivity index (χ1v) is 7.37. The van der Waals surface area contributed by atoms with Crippen molar-refractivity contribution in [1.82, 2.24) is 4.90 Å². The van der Waals surface area contributed by atoms with Crippen molar-refractivity contribution in [3.63, 3.8) is 0 Å². The van der Waals surface area contributed by atoms with Crippen LogP contribution in [-0.2, 0) is 9.53 Å². The molecule has 0 atom stereocenters. The van der Waals surface area contributed by atoms with Crippen molar-refractivity contribution >= 4 is 5.91 Å². The van der Waals surface area contributed by atoms with E-state index in [1.165, 1.54) is 0 Å². The summed E-state index contributed by atoms with van der Waals surface area (Å²) in [6.07, 6.45) is 4.33. The molecule has 0 unspecified atom stereocenters. The number of rotatable bonds is 6. The van der Waals surface area contributed by atoms with Gasteiger partial charge < -0.3 is 9.64 Å². The zero-order chi connectivity index (χ0) is 14.3. The first kappa shape index (κ1) is 16.0. The van der Waals surface area contributed by atoms with Gasteiger partial charge in [0.05, 0.1) is 6.07 Å². The van der Waals surface area contributed by atoms with Crippen LogP contribution in [0.3, 0.4) is 0 Å². The summed E-state index contributed by atoms with van der Waals surface area (Å²) in [6.45, 7) is 7.98. The Morgan fingerprint density at radius 1 is 1.37 bits per heavy atom. The van der Waals surface area contributed by atoms with Crippen LogP contribution >= 0.6 is 0 Å². The van der Waals surface area contributed by atoms with Crippen molar-refractivity contribution in [2.45, 2.75) is 58.9 Å². The second-order valence-electron chi connectivity index (χ2n) is 5.61. The highest BCUT2D eigenvalue weighted by Gasteiger charge is 2.43. The van der Waals surface area contributed by atoms with Gasteiger partial charge in [-0.1, -0.05) is 19.8 Å². The molecular weight excluding hydrogens is 240 g/mol. The van der Waals surface area contributed by atoms with Gasteiger partial charge in [0.25, 0.3) is 0 Å². The normalized spacial score (nSPS) is 18.1. The van der Waals surface area contributed by atoms with Gasteiger partial charge in [0, 0.05) is 25.8 Å². The Kier molecular flexibility index (Phi) is 6.30. The SMILES string of the molecule is CCCCCN(C(=O)C1(C#N)CCOCC1)C(C)C. The first-order chi connectivity index (χ1) is 9.07. The Labute approximate surface area is 116 Å². The van der Waals surface area contributed by atoms with Crippen LogP contribution in [0.2, 0.25) is 0 Å². The maximum atomic E-state index is 12.7. The maximum Gasteiger partial charge on any atom is 0.243 e. The lowest BCUT2D eigenvalue weighted by Gasteiger charge is -2.37. The van der Waals surface area contributed by atoms with Crippen LogP contribution in [0.25, 0.3) is 0 Å². The summed E-state index contributed by atoms with van der Waals surface area (Å²) in [5.41, 5.74) is -0.852. The highest BCUT2D eigenvalue weighted by Crippen LogP contribution is 2.32. The number of ether oxygens (including phenoxy) is 1. The van der Waals surface area contributed by atoms with E-state index in [1.807, 2.05) is 18.7 Å². The van der Waals surface area contributed by atoms with Gasteiger partial charge in [-0.15, -0.1) is 0 Å². The number of nitrogens with zero attached hydrogens (tertiary/aromatic N) is 2. The van der Waals surface area contributed by atoms with E-state index >= 15 is 0 Å². The number of nitriles is 1. The van der Waals surface area contributed by atoms with Crippen molar-refractivity contribution in [2.24, 2.45) is 5.41 Å². The van der Waals surface area contributed by atoms with Gasteiger partial charge in [-0.2, -0.15) is 5.26 Å². The topological polar surface area (TPSA) is 53.3 Å². The van der Waals surface area contributed by atoms with Crippen molar-refractivity contribution in [2.75, 3.05) is 19.8 Å². The summed E-state index contributed by atoms with van der Waals surface area (Å²) in [7, 11) is 0. The highest BCUT2D eigenvalue weighted by molar-refractivity contribution is 5.85. The molecule has 0 bridgehead atoms. The van der Waals surface area contributed by atoms with E-state index in [0.717, 1.165) is 25.8 Å². The number of unbranched alkanes of at least 4 members (excludes halogenated alkanes) is 2. The van der Waals surface area contributed by atoms with Crippen molar-refractivity contribution in [1.29, 1.82) is 5.26 Å². The number of hydrogen-bond donors (Lipinski definition) is 0. The van der Waals surface area contributed by atoms with Crippen LogP contribution in [0.15, 0.2) is 0 Å². The van der Waals surface area contributed by atoms with Gasteiger partial charge >= 0.3 is 0 Å². The zero-order valence-corrected chi connectivity index (χ0v) is 12.4. The third kappa shape index (κ3) is 3.94. The third-order valence-electron chi connectivity index (χ3n) is 3.86. The highest BCUT2D eigenvalue weighted by atomic mass is 16.5. The molecular formula is C15H26N2O2. The van der Waals surface area contributed by atoms with Crippen LogP contribution in [0.5, 0.6) is 0 Å². The second kappa shape index (κ2) is 7.49. The van der Waals surface area contributed by atoms with E-state index in [4.69, 9.17) is 4.74 Å². The predicted molar refractivity (Wildman–Crippen MR) is 74.5 cm³/mol. The molecule has 0 saturated carbocycles. The molecule has 0 radical (unpaired) electrons. The molecule has 1 saturated heterocycles. The van der Waals surface area contributed by atoms with E-state index in [0.29, 0.717) is 26.1 Å². The van der Waals surface area contributed by atoms with Gasteiger partial charge in [0.2, 0.25) is 5.91 Å².